The Morgan fingerprint density at radius 1 is 1.00 bits per heavy atom. The van der Waals surface area contributed by atoms with Gasteiger partial charge in [-0.3, -0.25) is 4.79 Å². The number of benzene rings is 2. The third kappa shape index (κ3) is 3.60. The quantitative estimate of drug-likeness (QED) is 0.744. The van der Waals surface area contributed by atoms with Crippen molar-refractivity contribution in [2.24, 2.45) is 5.92 Å². The van der Waals surface area contributed by atoms with Crippen LogP contribution in [0.4, 0.5) is 5.82 Å². The highest BCUT2D eigenvalue weighted by Gasteiger charge is 2.35. The fourth-order valence-corrected chi connectivity index (χ4v) is 4.31. The average molecular weight is 384 g/mol. The molecule has 3 aromatic rings. The first kappa shape index (κ1) is 17.9. The Morgan fingerprint density at radius 3 is 2.66 bits per heavy atom. The maximum Gasteiger partial charge on any atom is 0.227 e. The Kier molecular flexibility index (Phi) is 4.72. The molecule has 0 bridgehead atoms. The molecule has 1 N–H and O–H groups in total. The first-order valence-electron chi connectivity index (χ1n) is 10.3. The molecule has 5 rings (SSSR count). The van der Waals surface area contributed by atoms with E-state index in [9.17, 15) is 4.79 Å². The minimum absolute atomic E-state index is 0.0132. The molecule has 5 nitrogen and oxygen atoms in total. The van der Waals surface area contributed by atoms with Crippen molar-refractivity contribution in [3.05, 3.63) is 78.1 Å². The van der Waals surface area contributed by atoms with E-state index in [1.807, 2.05) is 36.4 Å². The zero-order chi connectivity index (χ0) is 19.6. The molecule has 1 aromatic heterocycles. The monoisotopic (exact) mass is 384 g/mol. The first-order valence-corrected chi connectivity index (χ1v) is 10.3. The van der Waals surface area contributed by atoms with Crippen LogP contribution >= 0.6 is 0 Å². The topological polar surface area (TPSA) is 58.1 Å². The van der Waals surface area contributed by atoms with Gasteiger partial charge in [-0.15, -0.1) is 0 Å². The molecule has 0 spiro atoms. The van der Waals surface area contributed by atoms with Crippen LogP contribution in [0, 0.1) is 5.92 Å². The number of aryl methyl sites for hydroxylation is 1. The smallest absolute Gasteiger partial charge is 0.227 e. The van der Waals surface area contributed by atoms with Gasteiger partial charge in [0.1, 0.15) is 12.1 Å². The molecule has 1 aliphatic carbocycles. The van der Waals surface area contributed by atoms with Gasteiger partial charge in [0, 0.05) is 24.7 Å². The molecule has 1 saturated heterocycles. The van der Waals surface area contributed by atoms with Crippen molar-refractivity contribution in [1.29, 1.82) is 0 Å². The van der Waals surface area contributed by atoms with Crippen molar-refractivity contribution in [1.82, 2.24) is 15.3 Å². The average Bonchev–Trinajstić information content (AvgIpc) is 2.74. The highest BCUT2D eigenvalue weighted by atomic mass is 16.2. The second-order valence-electron chi connectivity index (χ2n) is 7.88. The van der Waals surface area contributed by atoms with Crippen LogP contribution in [0.15, 0.2) is 67.0 Å². The second kappa shape index (κ2) is 7.66. The summed E-state index contributed by atoms with van der Waals surface area (Å²) in [5, 5.41) is 3.29. The lowest BCUT2D eigenvalue weighted by Gasteiger charge is -2.40. The normalized spacial score (nSPS) is 18.6. The molecule has 1 unspecified atom stereocenters. The lowest BCUT2D eigenvalue weighted by molar-refractivity contribution is -0.126. The van der Waals surface area contributed by atoms with Crippen LogP contribution in [0.1, 0.15) is 30.0 Å². The van der Waals surface area contributed by atoms with Crippen molar-refractivity contribution < 1.29 is 4.79 Å². The largest absolute Gasteiger partial charge is 0.355 e. The zero-order valence-corrected chi connectivity index (χ0v) is 16.3. The molecule has 2 aliphatic rings. The van der Waals surface area contributed by atoms with E-state index >= 15 is 0 Å². The van der Waals surface area contributed by atoms with E-state index in [0.717, 1.165) is 36.3 Å². The van der Waals surface area contributed by atoms with Gasteiger partial charge in [-0.2, -0.15) is 0 Å². The summed E-state index contributed by atoms with van der Waals surface area (Å²) in [6.07, 6.45) is 4.86. The lowest BCUT2D eigenvalue weighted by Crippen LogP contribution is -2.54. The van der Waals surface area contributed by atoms with Crippen molar-refractivity contribution in [3.8, 4) is 11.3 Å². The SMILES string of the molecule is O=C(NC1CCCc2ccccc21)C1CN(c2cc(-c3ccccc3)ncn2)C1. The summed E-state index contributed by atoms with van der Waals surface area (Å²) >= 11 is 0. The Hall–Kier alpha value is -3.21. The summed E-state index contributed by atoms with van der Waals surface area (Å²) in [6.45, 7) is 1.40. The predicted octanol–water partition coefficient (Wildman–Crippen LogP) is 3.77. The van der Waals surface area contributed by atoms with Crippen molar-refractivity contribution in [2.75, 3.05) is 18.0 Å². The molecular formula is C24H24N4O. The van der Waals surface area contributed by atoms with E-state index in [2.05, 4.69) is 44.5 Å². The highest BCUT2D eigenvalue weighted by Crippen LogP contribution is 2.31. The Morgan fingerprint density at radius 2 is 1.79 bits per heavy atom. The standard InChI is InChI=1S/C24H24N4O/c29-24(27-21-12-6-10-17-7-4-5-11-20(17)21)19-14-28(15-19)23-13-22(25-16-26-23)18-8-2-1-3-9-18/h1-5,7-9,11,13,16,19,21H,6,10,12,14-15H2,(H,27,29). The van der Waals surface area contributed by atoms with E-state index in [-0.39, 0.29) is 17.9 Å². The van der Waals surface area contributed by atoms with Crippen LogP contribution < -0.4 is 10.2 Å². The van der Waals surface area contributed by atoms with Gasteiger partial charge in [-0.25, -0.2) is 9.97 Å². The maximum absolute atomic E-state index is 12.8. The fourth-order valence-electron chi connectivity index (χ4n) is 4.31. The zero-order valence-electron chi connectivity index (χ0n) is 16.3. The minimum Gasteiger partial charge on any atom is -0.355 e. The number of carbonyl (C=O) groups excluding carboxylic acids is 1. The maximum atomic E-state index is 12.8. The Balaban J connectivity index is 1.22. The number of nitrogens with zero attached hydrogens (tertiary/aromatic N) is 3. The summed E-state index contributed by atoms with van der Waals surface area (Å²) in [5.74, 6) is 1.05. The van der Waals surface area contributed by atoms with E-state index in [4.69, 9.17) is 0 Å². The summed E-state index contributed by atoms with van der Waals surface area (Å²) in [4.78, 5) is 23.7. The Bertz CT molecular complexity index is 1010. The molecule has 1 amide bonds. The molecule has 0 radical (unpaired) electrons. The van der Waals surface area contributed by atoms with Crippen LogP contribution in [0.3, 0.4) is 0 Å². The summed E-state index contributed by atoms with van der Waals surface area (Å²) in [7, 11) is 0. The highest BCUT2D eigenvalue weighted by molar-refractivity contribution is 5.82. The number of amides is 1. The van der Waals surface area contributed by atoms with Gasteiger partial charge in [0.05, 0.1) is 17.7 Å². The number of hydrogen-bond acceptors (Lipinski definition) is 4. The van der Waals surface area contributed by atoms with E-state index in [1.165, 1.54) is 11.1 Å². The molecule has 0 saturated carbocycles. The van der Waals surface area contributed by atoms with Gasteiger partial charge in [0.2, 0.25) is 5.91 Å². The molecule has 1 aliphatic heterocycles. The number of carbonyl (C=O) groups is 1. The molecule has 5 heteroatoms. The molecule has 29 heavy (non-hydrogen) atoms. The van der Waals surface area contributed by atoms with E-state index in [1.54, 1.807) is 6.33 Å². The van der Waals surface area contributed by atoms with Gasteiger partial charge in [0.15, 0.2) is 0 Å². The molecule has 2 aromatic carbocycles. The van der Waals surface area contributed by atoms with Crippen LogP contribution in [0.2, 0.25) is 0 Å². The van der Waals surface area contributed by atoms with Crippen LogP contribution in [0.25, 0.3) is 11.3 Å². The van der Waals surface area contributed by atoms with Crippen LogP contribution in [0.5, 0.6) is 0 Å². The van der Waals surface area contributed by atoms with Gasteiger partial charge in [-0.05, 0) is 30.4 Å². The third-order valence-corrected chi connectivity index (χ3v) is 5.98. The number of nitrogens with one attached hydrogen (secondary N) is 1. The van der Waals surface area contributed by atoms with Gasteiger partial charge < -0.3 is 10.2 Å². The second-order valence-corrected chi connectivity index (χ2v) is 7.88. The van der Waals surface area contributed by atoms with Crippen LogP contribution in [-0.4, -0.2) is 29.0 Å². The van der Waals surface area contributed by atoms with Gasteiger partial charge in [-0.1, -0.05) is 54.6 Å². The van der Waals surface area contributed by atoms with Crippen molar-refractivity contribution in [2.45, 2.75) is 25.3 Å². The van der Waals surface area contributed by atoms with Crippen molar-refractivity contribution in [3.63, 3.8) is 0 Å². The molecule has 1 fully saturated rings. The molecular weight excluding hydrogens is 360 g/mol. The third-order valence-electron chi connectivity index (χ3n) is 5.98. The van der Waals surface area contributed by atoms with E-state index in [0.29, 0.717) is 13.1 Å². The van der Waals surface area contributed by atoms with Crippen molar-refractivity contribution >= 4 is 11.7 Å². The molecule has 146 valence electrons. The number of hydrogen-bond donors (Lipinski definition) is 1. The number of rotatable bonds is 4. The minimum atomic E-state index is 0.0132. The van der Waals surface area contributed by atoms with Gasteiger partial charge >= 0.3 is 0 Å². The fraction of sp³-hybridized carbons (Fsp3) is 0.292. The van der Waals surface area contributed by atoms with Crippen LogP contribution in [-0.2, 0) is 11.2 Å². The summed E-state index contributed by atoms with van der Waals surface area (Å²) in [5.41, 5.74) is 4.63. The number of anilines is 1. The first-order chi connectivity index (χ1) is 14.3. The van der Waals surface area contributed by atoms with E-state index < -0.39 is 0 Å². The summed E-state index contributed by atoms with van der Waals surface area (Å²) < 4.78 is 0. The number of aromatic nitrogens is 2. The van der Waals surface area contributed by atoms with Gasteiger partial charge in [0.25, 0.3) is 0 Å². The summed E-state index contributed by atoms with van der Waals surface area (Å²) in [6, 6.07) is 20.7. The predicted molar refractivity (Wildman–Crippen MR) is 113 cm³/mol. The molecule has 1 atom stereocenters. The lowest BCUT2D eigenvalue weighted by atomic mass is 9.87. The Labute approximate surface area is 170 Å². The number of fused-ring (bicyclic) bond motifs is 1. The molecule has 2 heterocycles.